The fourth-order valence-electron chi connectivity index (χ4n) is 1.29. The molecule has 5 nitrogen and oxygen atoms in total. The van der Waals surface area contributed by atoms with Gasteiger partial charge in [-0.05, 0) is 6.07 Å². The van der Waals surface area contributed by atoms with Crippen molar-refractivity contribution in [2.45, 2.75) is 19.1 Å². The summed E-state index contributed by atoms with van der Waals surface area (Å²) in [5, 5.41) is 10.6. The molecule has 0 saturated carbocycles. The second-order valence-electron chi connectivity index (χ2n) is 3.64. The number of carbonyl (C=O) groups excluding carboxylic acids is 1. The minimum Gasteiger partial charge on any atom is -0.354 e. The standard InChI is InChI=1S/C11H10F3N3O2/c12-11(13,14)8-2-3-10(19)17(6-8)7-9(18)16-5-1-4-15/h2-3,6H,1,5,7H2,(H,16,18). The third-order valence-corrected chi connectivity index (χ3v) is 2.18. The first-order chi connectivity index (χ1) is 8.84. The van der Waals surface area contributed by atoms with E-state index in [2.05, 4.69) is 5.32 Å². The van der Waals surface area contributed by atoms with Gasteiger partial charge in [0, 0.05) is 18.8 Å². The molecule has 0 fully saturated rings. The Kier molecular flexibility index (Phi) is 4.69. The van der Waals surface area contributed by atoms with Crippen LogP contribution in [-0.2, 0) is 17.5 Å². The molecule has 8 heteroatoms. The number of rotatable bonds is 4. The maximum Gasteiger partial charge on any atom is 0.417 e. The van der Waals surface area contributed by atoms with Gasteiger partial charge in [0.15, 0.2) is 0 Å². The molecule has 0 aliphatic heterocycles. The largest absolute Gasteiger partial charge is 0.417 e. The van der Waals surface area contributed by atoms with Gasteiger partial charge in [0.25, 0.3) is 5.56 Å². The molecule has 0 aromatic carbocycles. The highest BCUT2D eigenvalue weighted by Gasteiger charge is 2.31. The normalized spacial score (nSPS) is 10.8. The quantitative estimate of drug-likeness (QED) is 0.828. The van der Waals surface area contributed by atoms with E-state index in [9.17, 15) is 22.8 Å². The zero-order valence-corrected chi connectivity index (χ0v) is 9.70. The van der Waals surface area contributed by atoms with Gasteiger partial charge in [-0.15, -0.1) is 0 Å². The van der Waals surface area contributed by atoms with Crippen molar-refractivity contribution in [2.24, 2.45) is 0 Å². The summed E-state index contributed by atoms with van der Waals surface area (Å²) in [6.45, 7) is -0.433. The topological polar surface area (TPSA) is 74.9 Å². The van der Waals surface area contributed by atoms with Crippen molar-refractivity contribution >= 4 is 5.91 Å². The third-order valence-electron chi connectivity index (χ3n) is 2.18. The number of pyridine rings is 1. The van der Waals surface area contributed by atoms with E-state index in [1.54, 1.807) is 6.07 Å². The van der Waals surface area contributed by atoms with Crippen LogP contribution < -0.4 is 10.9 Å². The predicted octanol–water partition coefficient (Wildman–Crippen LogP) is 0.897. The van der Waals surface area contributed by atoms with Crippen LogP contribution in [-0.4, -0.2) is 17.0 Å². The van der Waals surface area contributed by atoms with Gasteiger partial charge in [0.1, 0.15) is 6.54 Å². The molecule has 0 aliphatic carbocycles. The molecular weight excluding hydrogens is 263 g/mol. The second-order valence-corrected chi connectivity index (χ2v) is 3.64. The van der Waals surface area contributed by atoms with E-state index in [-0.39, 0.29) is 13.0 Å². The molecule has 0 atom stereocenters. The van der Waals surface area contributed by atoms with Gasteiger partial charge in [-0.25, -0.2) is 0 Å². The van der Waals surface area contributed by atoms with Gasteiger partial charge in [0.05, 0.1) is 18.1 Å². The number of halogens is 3. The molecule has 1 aromatic heterocycles. The average molecular weight is 273 g/mol. The second kappa shape index (κ2) is 6.04. The Morgan fingerprint density at radius 3 is 2.68 bits per heavy atom. The zero-order chi connectivity index (χ0) is 14.5. The molecule has 102 valence electrons. The van der Waals surface area contributed by atoms with Crippen LogP contribution in [0, 0.1) is 11.3 Å². The first-order valence-corrected chi connectivity index (χ1v) is 5.26. The summed E-state index contributed by atoms with van der Waals surface area (Å²) in [4.78, 5) is 22.7. The number of carbonyl (C=O) groups is 1. The number of nitriles is 1. The average Bonchev–Trinajstić information content (AvgIpc) is 2.31. The first kappa shape index (κ1) is 14.8. The molecule has 19 heavy (non-hydrogen) atoms. The van der Waals surface area contributed by atoms with E-state index in [0.717, 1.165) is 6.07 Å². The van der Waals surface area contributed by atoms with Gasteiger partial charge < -0.3 is 9.88 Å². The van der Waals surface area contributed by atoms with Crippen LogP contribution in [0.3, 0.4) is 0 Å². The molecule has 1 amide bonds. The SMILES string of the molecule is N#CCCNC(=O)Cn1cc(C(F)(F)F)ccc1=O. The van der Waals surface area contributed by atoms with Gasteiger partial charge in [0.2, 0.25) is 5.91 Å². The maximum absolute atomic E-state index is 12.4. The van der Waals surface area contributed by atoms with Gasteiger partial charge in [-0.1, -0.05) is 0 Å². The lowest BCUT2D eigenvalue weighted by Gasteiger charge is -2.10. The van der Waals surface area contributed by atoms with Crippen molar-refractivity contribution in [3.05, 3.63) is 34.2 Å². The number of aromatic nitrogens is 1. The Hall–Kier alpha value is -2.30. The Morgan fingerprint density at radius 2 is 2.11 bits per heavy atom. The molecule has 0 saturated heterocycles. The molecule has 0 radical (unpaired) electrons. The summed E-state index contributed by atoms with van der Waals surface area (Å²) >= 11 is 0. The minimum absolute atomic E-state index is 0.0864. The van der Waals surface area contributed by atoms with E-state index in [0.29, 0.717) is 16.8 Å². The summed E-state index contributed by atoms with van der Waals surface area (Å²) < 4.78 is 38.0. The van der Waals surface area contributed by atoms with Crippen LogP contribution >= 0.6 is 0 Å². The van der Waals surface area contributed by atoms with Crippen molar-refractivity contribution in [1.29, 1.82) is 5.26 Å². The molecular formula is C11H10F3N3O2. The number of hydrogen-bond donors (Lipinski definition) is 1. The fraction of sp³-hybridized carbons (Fsp3) is 0.364. The highest BCUT2D eigenvalue weighted by Crippen LogP contribution is 2.27. The lowest BCUT2D eigenvalue weighted by atomic mass is 10.3. The van der Waals surface area contributed by atoms with Crippen LogP contribution in [0.5, 0.6) is 0 Å². The summed E-state index contributed by atoms with van der Waals surface area (Å²) in [7, 11) is 0. The van der Waals surface area contributed by atoms with Crippen molar-refractivity contribution in [2.75, 3.05) is 6.54 Å². The summed E-state index contributed by atoms with van der Waals surface area (Å²) in [5.74, 6) is -0.628. The Labute approximate surface area is 106 Å². The van der Waals surface area contributed by atoms with Crippen LogP contribution in [0.15, 0.2) is 23.1 Å². The van der Waals surface area contributed by atoms with Crippen LogP contribution in [0.1, 0.15) is 12.0 Å². The van der Waals surface area contributed by atoms with Gasteiger partial charge >= 0.3 is 6.18 Å². The zero-order valence-electron chi connectivity index (χ0n) is 9.70. The monoisotopic (exact) mass is 273 g/mol. The van der Waals surface area contributed by atoms with E-state index < -0.39 is 29.8 Å². The predicted molar refractivity (Wildman–Crippen MR) is 58.9 cm³/mol. The molecule has 1 rings (SSSR count). The number of amides is 1. The van der Waals surface area contributed by atoms with E-state index in [1.807, 2.05) is 0 Å². The van der Waals surface area contributed by atoms with Crippen molar-refractivity contribution < 1.29 is 18.0 Å². The summed E-state index contributed by atoms with van der Waals surface area (Å²) in [5.41, 5.74) is -1.71. The van der Waals surface area contributed by atoms with E-state index in [1.165, 1.54) is 0 Å². The number of alkyl halides is 3. The number of hydrogen-bond acceptors (Lipinski definition) is 3. The lowest BCUT2D eigenvalue weighted by Crippen LogP contribution is -2.32. The maximum atomic E-state index is 12.4. The van der Waals surface area contributed by atoms with Crippen LogP contribution in [0.2, 0.25) is 0 Å². The molecule has 0 unspecified atom stereocenters. The first-order valence-electron chi connectivity index (χ1n) is 5.26. The van der Waals surface area contributed by atoms with Gasteiger partial charge in [-0.2, -0.15) is 18.4 Å². The highest BCUT2D eigenvalue weighted by molar-refractivity contribution is 5.75. The van der Waals surface area contributed by atoms with Gasteiger partial charge in [-0.3, -0.25) is 9.59 Å². The Balaban J connectivity index is 2.81. The highest BCUT2D eigenvalue weighted by atomic mass is 19.4. The van der Waals surface area contributed by atoms with E-state index >= 15 is 0 Å². The van der Waals surface area contributed by atoms with Crippen LogP contribution in [0.25, 0.3) is 0 Å². The number of nitrogens with zero attached hydrogens (tertiary/aromatic N) is 2. The molecule has 0 aliphatic rings. The summed E-state index contributed by atoms with van der Waals surface area (Å²) in [6, 6.07) is 3.21. The van der Waals surface area contributed by atoms with Crippen molar-refractivity contribution in [3.63, 3.8) is 0 Å². The van der Waals surface area contributed by atoms with Crippen molar-refractivity contribution in [1.82, 2.24) is 9.88 Å². The molecule has 0 spiro atoms. The lowest BCUT2D eigenvalue weighted by molar-refractivity contribution is -0.138. The molecule has 1 aromatic rings. The molecule has 0 bridgehead atoms. The van der Waals surface area contributed by atoms with Crippen LogP contribution in [0.4, 0.5) is 13.2 Å². The smallest absolute Gasteiger partial charge is 0.354 e. The third kappa shape index (κ3) is 4.46. The molecule has 1 heterocycles. The fourth-order valence-corrected chi connectivity index (χ4v) is 1.29. The Morgan fingerprint density at radius 1 is 1.42 bits per heavy atom. The minimum atomic E-state index is -4.58. The summed E-state index contributed by atoms with van der Waals surface area (Å²) in [6.07, 6.45) is -3.90. The van der Waals surface area contributed by atoms with Crippen molar-refractivity contribution in [3.8, 4) is 6.07 Å². The van der Waals surface area contributed by atoms with E-state index in [4.69, 9.17) is 5.26 Å². The number of nitrogens with one attached hydrogen (secondary N) is 1. The Bertz CT molecular complexity index is 558. The molecule has 1 N–H and O–H groups in total.